The molecule has 1 N–H and O–H groups in total. The van der Waals surface area contributed by atoms with Crippen LogP contribution in [0, 0.1) is 0 Å². The highest BCUT2D eigenvalue weighted by Gasteiger charge is 2.37. The number of carboxylic acid groups (broad SMARTS) is 1. The van der Waals surface area contributed by atoms with Crippen LogP contribution >= 0.6 is 0 Å². The molecule has 1 atom stereocenters. The number of nitrogens with zero attached hydrogens (tertiary/aromatic N) is 1. The van der Waals surface area contributed by atoms with E-state index in [1.54, 1.807) is 13.1 Å². The first-order valence-corrected chi connectivity index (χ1v) is 11.3. The third-order valence-corrected chi connectivity index (χ3v) is 7.31. The summed E-state index contributed by atoms with van der Waals surface area (Å²) in [6, 6.07) is 11.1. The Morgan fingerprint density at radius 2 is 1.77 bits per heavy atom. The van der Waals surface area contributed by atoms with Gasteiger partial charge in [0.15, 0.2) is 0 Å². The molecule has 1 heterocycles. The van der Waals surface area contributed by atoms with Crippen LogP contribution in [0.4, 0.5) is 0 Å². The lowest BCUT2D eigenvalue weighted by molar-refractivity contribution is -0.131. The molecule has 31 heavy (non-hydrogen) atoms. The molecular formula is C28H33NO2. The van der Waals surface area contributed by atoms with E-state index in [9.17, 15) is 4.79 Å². The normalized spacial score (nSPS) is 22.0. The summed E-state index contributed by atoms with van der Waals surface area (Å²) in [5.41, 5.74) is 8.87. The van der Waals surface area contributed by atoms with E-state index in [0.717, 1.165) is 24.1 Å². The molecule has 2 aliphatic rings. The number of aliphatic carboxylic acids is 1. The van der Waals surface area contributed by atoms with Gasteiger partial charge >= 0.3 is 5.97 Å². The van der Waals surface area contributed by atoms with Crippen molar-refractivity contribution >= 4 is 17.1 Å². The van der Waals surface area contributed by atoms with Crippen LogP contribution in [0.3, 0.4) is 0 Å². The van der Waals surface area contributed by atoms with Gasteiger partial charge in [-0.3, -0.25) is 4.98 Å². The summed E-state index contributed by atoms with van der Waals surface area (Å²) in [5, 5.41) is 8.94. The van der Waals surface area contributed by atoms with Crippen molar-refractivity contribution in [3.05, 3.63) is 76.6 Å². The van der Waals surface area contributed by atoms with Crippen molar-refractivity contribution in [2.45, 2.75) is 77.0 Å². The number of hydrogen-bond donors (Lipinski definition) is 1. The molecule has 1 aromatic carbocycles. The molecule has 1 unspecified atom stereocenters. The van der Waals surface area contributed by atoms with Crippen LogP contribution in [-0.4, -0.2) is 16.1 Å². The Balaban J connectivity index is 1.60. The lowest BCUT2D eigenvalue weighted by Crippen LogP contribution is -2.33. The molecule has 0 radical (unpaired) electrons. The van der Waals surface area contributed by atoms with Crippen LogP contribution < -0.4 is 0 Å². The number of benzene rings is 1. The standard InChI is InChI=1S/C28H33NO2/c1-18(14-26(30)31)22-9-11-25(29-17-22)21-7-6-19(15-21)20-8-10-23-24(16-20)28(4,5)13-12-27(23,2)3/h8-11,14-17,21H,6-7,12-13H2,1-5H3,(H,30,31). The Kier molecular flexibility index (Phi) is 5.41. The zero-order valence-electron chi connectivity index (χ0n) is 19.3. The highest BCUT2D eigenvalue weighted by molar-refractivity contribution is 5.89. The summed E-state index contributed by atoms with van der Waals surface area (Å²) in [6.45, 7) is 11.3. The Bertz CT molecular complexity index is 1070. The monoisotopic (exact) mass is 415 g/mol. The molecule has 0 spiro atoms. The number of aromatic nitrogens is 1. The summed E-state index contributed by atoms with van der Waals surface area (Å²) in [7, 11) is 0. The van der Waals surface area contributed by atoms with Crippen molar-refractivity contribution in [2.75, 3.05) is 0 Å². The predicted molar refractivity (Wildman–Crippen MR) is 127 cm³/mol. The summed E-state index contributed by atoms with van der Waals surface area (Å²) < 4.78 is 0. The maximum Gasteiger partial charge on any atom is 0.328 e. The quantitative estimate of drug-likeness (QED) is 0.554. The second-order valence-electron chi connectivity index (χ2n) is 10.5. The first-order chi connectivity index (χ1) is 14.6. The molecule has 4 rings (SSSR count). The largest absolute Gasteiger partial charge is 0.478 e. The van der Waals surface area contributed by atoms with Gasteiger partial charge in [-0.25, -0.2) is 4.79 Å². The van der Waals surface area contributed by atoms with Gasteiger partial charge in [0.2, 0.25) is 0 Å². The van der Waals surface area contributed by atoms with Crippen LogP contribution in [0.15, 0.2) is 48.7 Å². The minimum Gasteiger partial charge on any atom is -0.478 e. The first-order valence-electron chi connectivity index (χ1n) is 11.3. The Hall–Kier alpha value is -2.68. The van der Waals surface area contributed by atoms with Crippen molar-refractivity contribution < 1.29 is 9.90 Å². The lowest BCUT2D eigenvalue weighted by Gasteiger charge is -2.42. The third-order valence-electron chi connectivity index (χ3n) is 7.31. The SMILES string of the molecule is CC(=CC(=O)O)c1ccc(C2C=C(c3ccc4c(c3)C(C)(C)CCC4(C)C)CC2)nc1. The molecule has 2 aromatic rings. The first kappa shape index (κ1) is 21.5. The summed E-state index contributed by atoms with van der Waals surface area (Å²) in [4.78, 5) is 15.5. The highest BCUT2D eigenvalue weighted by atomic mass is 16.4. The highest BCUT2D eigenvalue weighted by Crippen LogP contribution is 2.47. The van der Waals surface area contributed by atoms with E-state index >= 15 is 0 Å². The molecule has 0 bridgehead atoms. The lowest BCUT2D eigenvalue weighted by atomic mass is 9.63. The second kappa shape index (κ2) is 7.78. The van der Waals surface area contributed by atoms with Gasteiger partial charge < -0.3 is 5.11 Å². The Labute approximate surface area is 185 Å². The molecule has 0 fully saturated rings. The molecule has 2 aliphatic carbocycles. The van der Waals surface area contributed by atoms with Crippen LogP contribution in [0.1, 0.15) is 94.2 Å². The van der Waals surface area contributed by atoms with Gasteiger partial charge in [-0.2, -0.15) is 0 Å². The number of carbonyl (C=O) groups is 1. The fourth-order valence-electron chi connectivity index (χ4n) is 5.11. The van der Waals surface area contributed by atoms with Gasteiger partial charge in [-0.1, -0.05) is 58.0 Å². The van der Waals surface area contributed by atoms with Crippen molar-refractivity contribution in [3.8, 4) is 0 Å². The molecular weight excluding hydrogens is 382 g/mol. The maximum atomic E-state index is 10.9. The average Bonchev–Trinajstić information content (AvgIpc) is 3.21. The number of carboxylic acids is 1. The van der Waals surface area contributed by atoms with Crippen LogP contribution in [-0.2, 0) is 15.6 Å². The van der Waals surface area contributed by atoms with E-state index in [1.165, 1.54) is 41.2 Å². The molecule has 0 saturated heterocycles. The van der Waals surface area contributed by atoms with Crippen molar-refractivity contribution in [1.82, 2.24) is 4.98 Å². The molecule has 0 aliphatic heterocycles. The van der Waals surface area contributed by atoms with Gasteiger partial charge in [-0.05, 0) is 82.9 Å². The molecule has 162 valence electrons. The Morgan fingerprint density at radius 3 is 2.42 bits per heavy atom. The van der Waals surface area contributed by atoms with Crippen molar-refractivity contribution in [2.24, 2.45) is 0 Å². The second-order valence-corrected chi connectivity index (χ2v) is 10.5. The number of hydrogen-bond acceptors (Lipinski definition) is 2. The number of rotatable bonds is 4. The molecule has 3 heteroatoms. The van der Waals surface area contributed by atoms with E-state index in [4.69, 9.17) is 5.11 Å². The number of pyridine rings is 1. The van der Waals surface area contributed by atoms with Gasteiger partial charge in [0.1, 0.15) is 0 Å². The van der Waals surface area contributed by atoms with E-state index in [1.807, 2.05) is 12.1 Å². The summed E-state index contributed by atoms with van der Waals surface area (Å²) in [5.74, 6) is -0.616. The number of fused-ring (bicyclic) bond motifs is 1. The Morgan fingerprint density at radius 1 is 1.06 bits per heavy atom. The summed E-state index contributed by atoms with van der Waals surface area (Å²) >= 11 is 0. The molecule has 0 amide bonds. The van der Waals surface area contributed by atoms with Crippen molar-refractivity contribution in [1.29, 1.82) is 0 Å². The maximum absolute atomic E-state index is 10.9. The van der Waals surface area contributed by atoms with E-state index in [2.05, 4.69) is 57.0 Å². The van der Waals surface area contributed by atoms with Crippen LogP contribution in [0.2, 0.25) is 0 Å². The fraction of sp³-hybridized carbons (Fsp3) is 0.429. The van der Waals surface area contributed by atoms with Gasteiger partial charge in [-0.15, -0.1) is 0 Å². The molecule has 3 nitrogen and oxygen atoms in total. The number of allylic oxidation sites excluding steroid dienone is 3. The predicted octanol–water partition coefficient (Wildman–Crippen LogP) is 6.88. The summed E-state index contributed by atoms with van der Waals surface area (Å²) in [6.07, 6.45) is 9.99. The van der Waals surface area contributed by atoms with Gasteiger partial charge in [0.05, 0.1) is 0 Å². The third kappa shape index (κ3) is 4.23. The molecule has 0 saturated carbocycles. The topological polar surface area (TPSA) is 50.2 Å². The van der Waals surface area contributed by atoms with Crippen LogP contribution in [0.25, 0.3) is 11.1 Å². The fourth-order valence-corrected chi connectivity index (χ4v) is 5.11. The minimum atomic E-state index is -0.929. The van der Waals surface area contributed by atoms with Crippen molar-refractivity contribution in [3.63, 3.8) is 0 Å². The molecule has 1 aromatic heterocycles. The smallest absolute Gasteiger partial charge is 0.328 e. The van der Waals surface area contributed by atoms with Gasteiger partial charge in [0, 0.05) is 23.9 Å². The van der Waals surface area contributed by atoms with Gasteiger partial charge in [0.25, 0.3) is 0 Å². The minimum absolute atomic E-state index is 0.220. The average molecular weight is 416 g/mol. The van der Waals surface area contributed by atoms with E-state index < -0.39 is 5.97 Å². The van der Waals surface area contributed by atoms with Crippen LogP contribution in [0.5, 0.6) is 0 Å². The zero-order valence-corrected chi connectivity index (χ0v) is 19.3. The van der Waals surface area contributed by atoms with E-state index in [-0.39, 0.29) is 10.8 Å². The zero-order chi connectivity index (χ0) is 22.4. The van der Waals surface area contributed by atoms with E-state index in [0.29, 0.717) is 11.5 Å².